The van der Waals surface area contributed by atoms with Crippen molar-refractivity contribution in [3.63, 3.8) is 0 Å². The van der Waals surface area contributed by atoms with Crippen molar-refractivity contribution < 1.29 is 9.90 Å². The molecule has 0 spiro atoms. The van der Waals surface area contributed by atoms with Gasteiger partial charge in [0.15, 0.2) is 0 Å². The van der Waals surface area contributed by atoms with E-state index in [1.807, 2.05) is 6.92 Å². The third kappa shape index (κ3) is 5.11. The Bertz CT molecular complexity index is 283. The van der Waals surface area contributed by atoms with Gasteiger partial charge in [0.1, 0.15) is 5.54 Å². The van der Waals surface area contributed by atoms with Gasteiger partial charge in [-0.25, -0.2) is 0 Å². The second-order valence-electron chi connectivity index (χ2n) is 6.01. The van der Waals surface area contributed by atoms with Crippen LogP contribution in [0, 0.1) is 0 Å². The molecule has 4 heteroatoms. The predicted molar refractivity (Wildman–Crippen MR) is 78.5 cm³/mol. The first-order valence-corrected chi connectivity index (χ1v) is 7.72. The highest BCUT2D eigenvalue weighted by Crippen LogP contribution is 2.19. The zero-order valence-electron chi connectivity index (χ0n) is 12.7. The highest BCUT2D eigenvalue weighted by atomic mass is 16.4. The van der Waals surface area contributed by atoms with Crippen molar-refractivity contribution in [3.05, 3.63) is 0 Å². The topological polar surface area (TPSA) is 52.6 Å². The molecule has 1 heterocycles. The van der Waals surface area contributed by atoms with Crippen LogP contribution in [0.5, 0.6) is 0 Å². The standard InChI is InChI=1S/C15H30N2O2/c1-4-16-15(3,14(18)19)10-6-8-12-17-11-7-5-9-13(17)2/h13,16H,4-12H2,1-3H3,(H,18,19). The molecule has 2 atom stereocenters. The van der Waals surface area contributed by atoms with E-state index in [1.54, 1.807) is 6.92 Å². The van der Waals surface area contributed by atoms with Gasteiger partial charge in [-0.2, -0.15) is 0 Å². The monoisotopic (exact) mass is 270 g/mol. The number of carboxylic acid groups (broad SMARTS) is 1. The molecule has 1 saturated heterocycles. The van der Waals surface area contributed by atoms with Crippen molar-refractivity contribution in [2.75, 3.05) is 19.6 Å². The minimum atomic E-state index is -0.762. The van der Waals surface area contributed by atoms with Crippen molar-refractivity contribution in [2.45, 2.75) is 70.9 Å². The summed E-state index contributed by atoms with van der Waals surface area (Å²) < 4.78 is 0. The number of hydrogen-bond acceptors (Lipinski definition) is 3. The van der Waals surface area contributed by atoms with E-state index in [4.69, 9.17) is 0 Å². The van der Waals surface area contributed by atoms with Crippen molar-refractivity contribution >= 4 is 5.97 Å². The number of likely N-dealkylation sites (N-methyl/N-ethyl adjacent to an activating group) is 1. The Hall–Kier alpha value is -0.610. The summed E-state index contributed by atoms with van der Waals surface area (Å²) >= 11 is 0. The second-order valence-corrected chi connectivity index (χ2v) is 6.01. The second kappa shape index (κ2) is 7.85. The molecule has 0 aromatic rings. The molecule has 2 N–H and O–H groups in total. The number of nitrogens with one attached hydrogen (secondary N) is 1. The number of nitrogens with zero attached hydrogens (tertiary/aromatic N) is 1. The fraction of sp³-hybridized carbons (Fsp3) is 0.933. The highest BCUT2D eigenvalue weighted by Gasteiger charge is 2.31. The SMILES string of the molecule is CCNC(C)(CCCCN1CCCCC1C)C(=O)O. The maximum absolute atomic E-state index is 11.3. The van der Waals surface area contributed by atoms with E-state index in [0.717, 1.165) is 19.4 Å². The summed E-state index contributed by atoms with van der Waals surface area (Å²) in [4.78, 5) is 13.8. The Morgan fingerprint density at radius 1 is 1.42 bits per heavy atom. The molecular weight excluding hydrogens is 240 g/mol. The maximum Gasteiger partial charge on any atom is 0.323 e. The molecule has 1 aliphatic rings. The molecule has 1 rings (SSSR count). The third-order valence-corrected chi connectivity index (χ3v) is 4.35. The van der Waals surface area contributed by atoms with E-state index >= 15 is 0 Å². The van der Waals surface area contributed by atoms with Crippen LogP contribution in [0.4, 0.5) is 0 Å². The van der Waals surface area contributed by atoms with E-state index in [-0.39, 0.29) is 0 Å². The lowest BCUT2D eigenvalue weighted by molar-refractivity contribution is -0.144. The Morgan fingerprint density at radius 2 is 2.16 bits per heavy atom. The fourth-order valence-electron chi connectivity index (χ4n) is 2.94. The number of piperidine rings is 1. The van der Waals surface area contributed by atoms with Crippen molar-refractivity contribution in [2.24, 2.45) is 0 Å². The first-order valence-electron chi connectivity index (χ1n) is 7.72. The van der Waals surface area contributed by atoms with Gasteiger partial charge in [0.05, 0.1) is 0 Å². The van der Waals surface area contributed by atoms with Crippen molar-refractivity contribution in [1.29, 1.82) is 0 Å². The van der Waals surface area contributed by atoms with Gasteiger partial charge < -0.3 is 15.3 Å². The Kier molecular flexibility index (Phi) is 6.80. The van der Waals surface area contributed by atoms with Gasteiger partial charge in [-0.05, 0) is 65.6 Å². The number of hydrogen-bond donors (Lipinski definition) is 2. The van der Waals surface area contributed by atoms with Crippen LogP contribution >= 0.6 is 0 Å². The number of likely N-dealkylation sites (tertiary alicyclic amines) is 1. The van der Waals surface area contributed by atoms with Crippen LogP contribution in [0.15, 0.2) is 0 Å². The minimum Gasteiger partial charge on any atom is -0.480 e. The molecule has 1 aliphatic heterocycles. The van der Waals surface area contributed by atoms with E-state index < -0.39 is 11.5 Å². The minimum absolute atomic E-state index is 0.700. The molecule has 0 aliphatic carbocycles. The average Bonchev–Trinajstić information content (AvgIpc) is 2.37. The van der Waals surface area contributed by atoms with E-state index in [0.29, 0.717) is 19.0 Å². The van der Waals surface area contributed by atoms with Gasteiger partial charge >= 0.3 is 5.97 Å². The lowest BCUT2D eigenvalue weighted by atomic mass is 9.94. The molecule has 0 radical (unpaired) electrons. The zero-order chi connectivity index (χ0) is 14.3. The lowest BCUT2D eigenvalue weighted by Gasteiger charge is -2.33. The summed E-state index contributed by atoms with van der Waals surface area (Å²) in [6.45, 7) is 9.08. The highest BCUT2D eigenvalue weighted by molar-refractivity contribution is 5.78. The number of rotatable bonds is 8. The van der Waals surface area contributed by atoms with Crippen LogP contribution < -0.4 is 5.32 Å². The van der Waals surface area contributed by atoms with Gasteiger partial charge in [-0.3, -0.25) is 4.79 Å². The summed E-state index contributed by atoms with van der Waals surface area (Å²) in [6, 6.07) is 0.702. The molecule has 0 amide bonds. The first kappa shape index (κ1) is 16.4. The molecule has 2 unspecified atom stereocenters. The molecule has 112 valence electrons. The zero-order valence-corrected chi connectivity index (χ0v) is 12.7. The summed E-state index contributed by atoms with van der Waals surface area (Å²) in [5.74, 6) is -0.735. The number of carbonyl (C=O) groups is 1. The lowest BCUT2D eigenvalue weighted by Crippen LogP contribution is -2.49. The number of unbranched alkanes of at least 4 members (excludes halogenated alkanes) is 1. The molecule has 0 aromatic carbocycles. The quantitative estimate of drug-likeness (QED) is 0.665. The molecule has 0 bridgehead atoms. The Morgan fingerprint density at radius 3 is 2.74 bits per heavy atom. The average molecular weight is 270 g/mol. The van der Waals surface area contributed by atoms with E-state index in [9.17, 15) is 9.90 Å². The van der Waals surface area contributed by atoms with Gasteiger partial charge in [-0.1, -0.05) is 13.3 Å². The normalized spacial score (nSPS) is 24.1. The van der Waals surface area contributed by atoms with Crippen LogP contribution in [0.2, 0.25) is 0 Å². The van der Waals surface area contributed by atoms with Crippen LogP contribution in [0.3, 0.4) is 0 Å². The molecule has 4 nitrogen and oxygen atoms in total. The largest absolute Gasteiger partial charge is 0.480 e. The van der Waals surface area contributed by atoms with E-state index in [1.165, 1.54) is 25.8 Å². The predicted octanol–water partition coefficient (Wildman–Crippen LogP) is 2.48. The smallest absolute Gasteiger partial charge is 0.323 e. The van der Waals surface area contributed by atoms with Gasteiger partial charge in [0, 0.05) is 6.04 Å². The van der Waals surface area contributed by atoms with Crippen molar-refractivity contribution in [3.8, 4) is 0 Å². The summed E-state index contributed by atoms with van der Waals surface area (Å²) in [5, 5.41) is 12.4. The summed E-state index contributed by atoms with van der Waals surface area (Å²) in [7, 11) is 0. The molecular formula is C15H30N2O2. The molecule has 19 heavy (non-hydrogen) atoms. The van der Waals surface area contributed by atoms with Crippen molar-refractivity contribution in [1.82, 2.24) is 10.2 Å². The Labute approximate surface area is 117 Å². The van der Waals surface area contributed by atoms with Crippen LogP contribution in [0.25, 0.3) is 0 Å². The molecule has 0 saturated carbocycles. The first-order chi connectivity index (χ1) is 8.99. The van der Waals surface area contributed by atoms with E-state index in [2.05, 4.69) is 17.1 Å². The van der Waals surface area contributed by atoms with Gasteiger partial charge in [-0.15, -0.1) is 0 Å². The maximum atomic E-state index is 11.3. The van der Waals surface area contributed by atoms with Crippen LogP contribution in [-0.4, -0.2) is 47.2 Å². The third-order valence-electron chi connectivity index (χ3n) is 4.35. The summed E-state index contributed by atoms with van der Waals surface area (Å²) in [5.41, 5.74) is -0.762. The van der Waals surface area contributed by atoms with Crippen LogP contribution in [-0.2, 0) is 4.79 Å². The van der Waals surface area contributed by atoms with Gasteiger partial charge in [0.25, 0.3) is 0 Å². The molecule has 0 aromatic heterocycles. The molecule has 1 fully saturated rings. The number of aliphatic carboxylic acids is 1. The fourth-order valence-corrected chi connectivity index (χ4v) is 2.94. The Balaban J connectivity index is 2.26. The van der Waals surface area contributed by atoms with Crippen LogP contribution in [0.1, 0.15) is 59.3 Å². The number of carboxylic acids is 1. The summed E-state index contributed by atoms with van der Waals surface area (Å²) in [6.07, 6.45) is 6.75. The van der Waals surface area contributed by atoms with Gasteiger partial charge in [0.2, 0.25) is 0 Å².